The number of rotatable bonds is 5. The first-order valence-electron chi connectivity index (χ1n) is 5.36. The first-order valence-corrected chi connectivity index (χ1v) is 5.36. The summed E-state index contributed by atoms with van der Waals surface area (Å²) in [5.41, 5.74) is 6.06. The monoisotopic (exact) mass is 252 g/mol. The topological polar surface area (TPSA) is 102 Å². The number of nitrogens with two attached hydrogens (primary N) is 1. The van der Waals surface area contributed by atoms with Gasteiger partial charge in [-0.3, -0.25) is 9.59 Å². The van der Waals surface area contributed by atoms with Crippen LogP contribution in [0.2, 0.25) is 0 Å². The smallest absolute Gasteiger partial charge is 0.256 e. The van der Waals surface area contributed by atoms with Gasteiger partial charge in [0.1, 0.15) is 11.8 Å². The van der Waals surface area contributed by atoms with E-state index >= 15 is 0 Å². The van der Waals surface area contributed by atoms with Gasteiger partial charge in [0, 0.05) is 0 Å². The molecule has 1 rings (SSSR count). The highest BCUT2D eigenvalue weighted by atomic mass is 16.5. The summed E-state index contributed by atoms with van der Waals surface area (Å²) in [4.78, 5) is 23.0. The highest BCUT2D eigenvalue weighted by Gasteiger charge is 2.21. The zero-order chi connectivity index (χ0) is 13.7. The Morgan fingerprint density at radius 1 is 1.50 bits per heavy atom. The molecule has 2 amide bonds. The predicted molar refractivity (Wildman–Crippen MR) is 65.3 cm³/mol. The van der Waals surface area contributed by atoms with Gasteiger partial charge in [0.15, 0.2) is 0 Å². The fraction of sp³-hybridized carbons (Fsp3) is 0.333. The van der Waals surface area contributed by atoms with Crippen LogP contribution < -0.4 is 15.8 Å². The summed E-state index contributed by atoms with van der Waals surface area (Å²) in [6, 6.07) is 4.03. The third-order valence-corrected chi connectivity index (χ3v) is 2.51. The molecular weight excluding hydrogens is 236 g/mol. The van der Waals surface area contributed by atoms with E-state index in [0.717, 1.165) is 0 Å². The van der Waals surface area contributed by atoms with Crippen LogP contribution in [0, 0.1) is 6.92 Å². The molecule has 0 aliphatic carbocycles. The zero-order valence-corrected chi connectivity index (χ0v) is 10.3. The van der Waals surface area contributed by atoms with Crippen molar-refractivity contribution in [2.75, 3.05) is 13.7 Å². The van der Waals surface area contributed by atoms with E-state index in [-0.39, 0.29) is 0 Å². The molecule has 1 atom stereocenters. The van der Waals surface area contributed by atoms with E-state index in [4.69, 9.17) is 15.6 Å². The third kappa shape index (κ3) is 2.98. The number of amides is 2. The summed E-state index contributed by atoms with van der Waals surface area (Å²) in [6.45, 7) is 1.20. The van der Waals surface area contributed by atoms with E-state index in [0.29, 0.717) is 16.9 Å². The number of aliphatic hydroxyl groups is 1. The van der Waals surface area contributed by atoms with E-state index in [9.17, 15) is 9.59 Å². The third-order valence-electron chi connectivity index (χ3n) is 2.51. The van der Waals surface area contributed by atoms with E-state index in [1.54, 1.807) is 25.1 Å². The summed E-state index contributed by atoms with van der Waals surface area (Å²) in [5.74, 6) is -0.908. The zero-order valence-electron chi connectivity index (χ0n) is 10.3. The maximum atomic E-state index is 12.0. The minimum Gasteiger partial charge on any atom is -0.496 e. The largest absolute Gasteiger partial charge is 0.496 e. The molecule has 0 aliphatic rings. The summed E-state index contributed by atoms with van der Waals surface area (Å²) >= 11 is 0. The molecule has 1 aromatic rings. The molecule has 4 N–H and O–H groups in total. The molecular formula is C12H16N2O4. The van der Waals surface area contributed by atoms with Crippen molar-refractivity contribution in [2.24, 2.45) is 5.73 Å². The Morgan fingerprint density at radius 2 is 2.17 bits per heavy atom. The maximum absolute atomic E-state index is 12.0. The van der Waals surface area contributed by atoms with Crippen LogP contribution in [-0.2, 0) is 4.79 Å². The van der Waals surface area contributed by atoms with Gasteiger partial charge < -0.3 is 20.9 Å². The van der Waals surface area contributed by atoms with Crippen molar-refractivity contribution in [1.82, 2.24) is 5.32 Å². The minimum atomic E-state index is -1.11. The average molecular weight is 252 g/mol. The number of carbonyl (C=O) groups excluding carboxylic acids is 2. The van der Waals surface area contributed by atoms with Gasteiger partial charge in [-0.05, 0) is 18.6 Å². The number of carbonyl (C=O) groups is 2. The molecule has 0 saturated carbocycles. The minimum absolute atomic E-state index is 0.319. The summed E-state index contributed by atoms with van der Waals surface area (Å²) in [6.07, 6.45) is 0. The fourth-order valence-electron chi connectivity index (χ4n) is 1.54. The summed E-state index contributed by atoms with van der Waals surface area (Å²) in [5, 5.41) is 11.3. The molecule has 98 valence electrons. The summed E-state index contributed by atoms with van der Waals surface area (Å²) < 4.78 is 5.08. The molecule has 0 spiro atoms. The Morgan fingerprint density at radius 3 is 2.67 bits per heavy atom. The second-order valence-corrected chi connectivity index (χ2v) is 3.76. The Kier molecular flexibility index (Phi) is 4.67. The number of nitrogens with one attached hydrogen (secondary N) is 1. The van der Waals surface area contributed by atoms with Crippen LogP contribution in [0.3, 0.4) is 0 Å². The van der Waals surface area contributed by atoms with Gasteiger partial charge in [0.05, 0.1) is 19.3 Å². The first kappa shape index (κ1) is 14.0. The number of aryl methyl sites for hydroxylation is 1. The van der Waals surface area contributed by atoms with E-state index in [1.165, 1.54) is 7.11 Å². The van der Waals surface area contributed by atoms with Gasteiger partial charge in [0.2, 0.25) is 5.91 Å². The molecule has 0 fully saturated rings. The van der Waals surface area contributed by atoms with Gasteiger partial charge in [0.25, 0.3) is 5.91 Å². The predicted octanol–water partition coefficient (Wildman–Crippen LogP) is -0.420. The molecule has 6 heteroatoms. The molecule has 0 aromatic heterocycles. The molecule has 1 aromatic carbocycles. The van der Waals surface area contributed by atoms with Crippen LogP contribution in [0.15, 0.2) is 18.2 Å². The van der Waals surface area contributed by atoms with Crippen molar-refractivity contribution >= 4 is 11.8 Å². The van der Waals surface area contributed by atoms with Crippen LogP contribution in [0.5, 0.6) is 5.75 Å². The van der Waals surface area contributed by atoms with Crippen molar-refractivity contribution in [3.8, 4) is 5.75 Å². The number of hydrogen-bond donors (Lipinski definition) is 3. The molecule has 0 aliphatic heterocycles. The van der Waals surface area contributed by atoms with Crippen molar-refractivity contribution in [1.29, 1.82) is 0 Å². The van der Waals surface area contributed by atoms with Gasteiger partial charge in [-0.2, -0.15) is 0 Å². The Labute approximate surface area is 105 Å². The number of hydrogen-bond acceptors (Lipinski definition) is 4. The van der Waals surface area contributed by atoms with Gasteiger partial charge in [-0.25, -0.2) is 0 Å². The van der Waals surface area contributed by atoms with Crippen LogP contribution in [0.1, 0.15) is 15.9 Å². The van der Waals surface area contributed by atoms with Gasteiger partial charge >= 0.3 is 0 Å². The van der Waals surface area contributed by atoms with E-state index in [1.807, 2.05) is 0 Å². The molecule has 6 nitrogen and oxygen atoms in total. The second-order valence-electron chi connectivity index (χ2n) is 3.76. The van der Waals surface area contributed by atoms with Crippen molar-refractivity contribution in [2.45, 2.75) is 13.0 Å². The molecule has 0 radical (unpaired) electrons. The maximum Gasteiger partial charge on any atom is 0.256 e. The van der Waals surface area contributed by atoms with Crippen LogP contribution in [-0.4, -0.2) is 36.7 Å². The summed E-state index contributed by atoms with van der Waals surface area (Å²) in [7, 11) is 1.45. The molecule has 18 heavy (non-hydrogen) atoms. The Balaban J connectivity index is 3.00. The van der Waals surface area contributed by atoms with Crippen molar-refractivity contribution < 1.29 is 19.4 Å². The van der Waals surface area contributed by atoms with Crippen LogP contribution in [0.4, 0.5) is 0 Å². The van der Waals surface area contributed by atoms with Crippen molar-refractivity contribution in [3.05, 3.63) is 29.3 Å². The first-order chi connectivity index (χ1) is 8.51. The molecule has 0 bridgehead atoms. The fourth-order valence-corrected chi connectivity index (χ4v) is 1.54. The SMILES string of the molecule is COc1cccc(C)c1C(=O)N[C@@H](CO)C(N)=O. The molecule has 0 heterocycles. The number of benzene rings is 1. The molecule has 0 unspecified atom stereocenters. The lowest BCUT2D eigenvalue weighted by Crippen LogP contribution is -2.47. The number of ether oxygens (including phenoxy) is 1. The lowest BCUT2D eigenvalue weighted by molar-refractivity contribution is -0.120. The number of primary amides is 1. The highest BCUT2D eigenvalue weighted by molar-refractivity contribution is 6.00. The average Bonchev–Trinajstić information content (AvgIpc) is 2.34. The highest BCUT2D eigenvalue weighted by Crippen LogP contribution is 2.21. The molecule has 0 saturated heterocycles. The van der Waals surface area contributed by atoms with E-state index in [2.05, 4.69) is 5.32 Å². The number of aliphatic hydroxyl groups excluding tert-OH is 1. The Hall–Kier alpha value is -2.08. The van der Waals surface area contributed by atoms with Crippen molar-refractivity contribution in [3.63, 3.8) is 0 Å². The van der Waals surface area contributed by atoms with Gasteiger partial charge in [-0.1, -0.05) is 12.1 Å². The Bertz CT molecular complexity index is 459. The van der Waals surface area contributed by atoms with Crippen LogP contribution in [0.25, 0.3) is 0 Å². The van der Waals surface area contributed by atoms with Gasteiger partial charge in [-0.15, -0.1) is 0 Å². The normalized spacial score (nSPS) is 11.7. The standard InChI is InChI=1S/C12H16N2O4/c1-7-4-3-5-9(18-2)10(7)12(17)14-8(6-15)11(13)16/h3-5,8,15H,6H2,1-2H3,(H2,13,16)(H,14,17)/t8-/m0/s1. The lowest BCUT2D eigenvalue weighted by atomic mass is 10.1. The van der Waals surface area contributed by atoms with E-state index < -0.39 is 24.5 Å². The quantitative estimate of drug-likeness (QED) is 0.662. The number of methoxy groups -OCH3 is 1. The second kappa shape index (κ2) is 6.02. The lowest BCUT2D eigenvalue weighted by Gasteiger charge is -2.15. The van der Waals surface area contributed by atoms with Crippen LogP contribution >= 0.6 is 0 Å².